The molecule has 0 aliphatic carbocycles. The first-order valence-corrected chi connectivity index (χ1v) is 7.29. The summed E-state index contributed by atoms with van der Waals surface area (Å²) in [4.78, 5) is 0. The van der Waals surface area contributed by atoms with E-state index in [0.717, 1.165) is 23.0 Å². The van der Waals surface area contributed by atoms with Gasteiger partial charge in [-0.05, 0) is 73.5 Å². The molecule has 3 aromatic carbocycles. The highest BCUT2D eigenvalue weighted by Gasteiger charge is 2.01. The van der Waals surface area contributed by atoms with Crippen LogP contribution in [-0.2, 0) is 0 Å². The second-order valence-corrected chi connectivity index (χ2v) is 5.23. The summed E-state index contributed by atoms with van der Waals surface area (Å²) in [6, 6.07) is 23.5. The van der Waals surface area contributed by atoms with Crippen LogP contribution in [-0.4, -0.2) is 0 Å². The molecule has 0 amide bonds. The van der Waals surface area contributed by atoms with E-state index in [1.54, 1.807) is 0 Å². The van der Waals surface area contributed by atoms with Gasteiger partial charge in [-0.1, -0.05) is 24.3 Å². The molecule has 0 bridgehead atoms. The molecular formula is C20H18O2. The van der Waals surface area contributed by atoms with Crippen LogP contribution in [0.4, 0.5) is 0 Å². The van der Waals surface area contributed by atoms with Gasteiger partial charge in [-0.15, -0.1) is 0 Å². The molecule has 110 valence electrons. The van der Waals surface area contributed by atoms with Crippen molar-refractivity contribution in [2.45, 2.75) is 13.8 Å². The first-order chi connectivity index (χ1) is 10.7. The predicted molar refractivity (Wildman–Crippen MR) is 88.9 cm³/mol. The van der Waals surface area contributed by atoms with E-state index in [0.29, 0.717) is 0 Å². The van der Waals surface area contributed by atoms with Crippen LogP contribution in [0, 0.1) is 13.8 Å². The van der Waals surface area contributed by atoms with E-state index >= 15 is 0 Å². The first kappa shape index (κ1) is 14.2. The molecule has 0 saturated carbocycles. The van der Waals surface area contributed by atoms with E-state index in [4.69, 9.17) is 9.47 Å². The summed E-state index contributed by atoms with van der Waals surface area (Å²) in [5.41, 5.74) is 2.49. The van der Waals surface area contributed by atoms with Crippen LogP contribution in [0.2, 0.25) is 0 Å². The van der Waals surface area contributed by atoms with E-state index in [1.807, 2.05) is 66.7 Å². The lowest BCUT2D eigenvalue weighted by Crippen LogP contribution is -1.88. The van der Waals surface area contributed by atoms with Gasteiger partial charge in [0.2, 0.25) is 0 Å². The third-order valence-corrected chi connectivity index (χ3v) is 3.52. The Labute approximate surface area is 131 Å². The maximum absolute atomic E-state index is 5.86. The lowest BCUT2D eigenvalue weighted by atomic mass is 10.1. The fourth-order valence-electron chi connectivity index (χ4n) is 2.11. The highest BCUT2D eigenvalue weighted by atomic mass is 16.5. The third kappa shape index (κ3) is 3.47. The number of ether oxygens (including phenoxy) is 2. The molecule has 0 aliphatic rings. The summed E-state index contributed by atoms with van der Waals surface area (Å²) in [7, 11) is 0. The van der Waals surface area contributed by atoms with Crippen LogP contribution < -0.4 is 9.47 Å². The third-order valence-electron chi connectivity index (χ3n) is 3.52. The van der Waals surface area contributed by atoms with E-state index < -0.39 is 0 Å². The number of para-hydroxylation sites is 1. The van der Waals surface area contributed by atoms with E-state index in [1.165, 1.54) is 11.1 Å². The van der Waals surface area contributed by atoms with Crippen LogP contribution in [0.15, 0.2) is 72.8 Å². The van der Waals surface area contributed by atoms with Crippen LogP contribution in [0.1, 0.15) is 11.1 Å². The molecule has 0 spiro atoms. The summed E-state index contributed by atoms with van der Waals surface area (Å²) in [5, 5.41) is 0. The molecule has 2 heteroatoms. The highest BCUT2D eigenvalue weighted by Crippen LogP contribution is 2.27. The Kier molecular flexibility index (Phi) is 4.10. The smallest absolute Gasteiger partial charge is 0.127 e. The molecule has 0 N–H and O–H groups in total. The molecule has 0 radical (unpaired) electrons. The Hall–Kier alpha value is -2.74. The number of benzene rings is 3. The Morgan fingerprint density at radius 2 is 1.00 bits per heavy atom. The van der Waals surface area contributed by atoms with Gasteiger partial charge in [0.25, 0.3) is 0 Å². The van der Waals surface area contributed by atoms with E-state index in [2.05, 4.69) is 19.9 Å². The van der Waals surface area contributed by atoms with E-state index in [-0.39, 0.29) is 0 Å². The Bertz CT molecular complexity index is 746. The van der Waals surface area contributed by atoms with Crippen LogP contribution in [0.3, 0.4) is 0 Å². The molecule has 0 unspecified atom stereocenters. The summed E-state index contributed by atoms with van der Waals surface area (Å²) in [6.07, 6.45) is 0. The van der Waals surface area contributed by atoms with E-state index in [9.17, 15) is 0 Å². The standard InChI is InChI=1S/C20H18O2/c1-15-8-9-20(14-16(15)2)22-19-12-10-18(11-13-19)21-17-6-4-3-5-7-17/h3-14H,1-2H3. The fraction of sp³-hybridized carbons (Fsp3) is 0.100. The van der Waals surface area contributed by atoms with Crippen molar-refractivity contribution in [3.63, 3.8) is 0 Å². The summed E-state index contributed by atoms with van der Waals surface area (Å²) in [6.45, 7) is 4.17. The molecule has 0 aliphatic heterocycles. The van der Waals surface area contributed by atoms with Gasteiger partial charge in [0.05, 0.1) is 0 Å². The van der Waals surface area contributed by atoms with Gasteiger partial charge in [-0.2, -0.15) is 0 Å². The number of rotatable bonds is 4. The quantitative estimate of drug-likeness (QED) is 0.596. The maximum Gasteiger partial charge on any atom is 0.127 e. The van der Waals surface area contributed by atoms with Crippen molar-refractivity contribution in [3.8, 4) is 23.0 Å². The predicted octanol–water partition coefficient (Wildman–Crippen LogP) is 5.89. The van der Waals surface area contributed by atoms with Crippen molar-refractivity contribution in [1.82, 2.24) is 0 Å². The average Bonchev–Trinajstić information content (AvgIpc) is 2.54. The van der Waals surface area contributed by atoms with Gasteiger partial charge >= 0.3 is 0 Å². The zero-order valence-corrected chi connectivity index (χ0v) is 12.7. The highest BCUT2D eigenvalue weighted by molar-refractivity contribution is 5.40. The SMILES string of the molecule is Cc1ccc(Oc2ccc(Oc3ccccc3)cc2)cc1C. The first-order valence-electron chi connectivity index (χ1n) is 7.29. The summed E-state index contributed by atoms with van der Waals surface area (Å²) >= 11 is 0. The number of hydrogen-bond donors (Lipinski definition) is 0. The van der Waals surface area contributed by atoms with Crippen LogP contribution in [0.25, 0.3) is 0 Å². The Morgan fingerprint density at radius 1 is 0.500 bits per heavy atom. The zero-order valence-electron chi connectivity index (χ0n) is 12.7. The monoisotopic (exact) mass is 290 g/mol. The summed E-state index contributed by atoms with van der Waals surface area (Å²) < 4.78 is 11.6. The van der Waals surface area contributed by atoms with Crippen molar-refractivity contribution < 1.29 is 9.47 Å². The van der Waals surface area contributed by atoms with Crippen molar-refractivity contribution in [1.29, 1.82) is 0 Å². The Morgan fingerprint density at radius 3 is 1.59 bits per heavy atom. The molecule has 0 fully saturated rings. The average molecular weight is 290 g/mol. The van der Waals surface area contributed by atoms with Gasteiger partial charge < -0.3 is 9.47 Å². The lowest BCUT2D eigenvalue weighted by Gasteiger charge is -2.09. The number of hydrogen-bond acceptors (Lipinski definition) is 2. The minimum atomic E-state index is 0.790. The molecular weight excluding hydrogens is 272 g/mol. The number of aryl methyl sites for hydroxylation is 2. The van der Waals surface area contributed by atoms with Crippen LogP contribution >= 0.6 is 0 Å². The maximum atomic E-state index is 5.86. The topological polar surface area (TPSA) is 18.5 Å². The minimum Gasteiger partial charge on any atom is -0.457 e. The van der Waals surface area contributed by atoms with Crippen molar-refractivity contribution in [2.75, 3.05) is 0 Å². The second-order valence-electron chi connectivity index (χ2n) is 5.23. The Balaban J connectivity index is 1.70. The largest absolute Gasteiger partial charge is 0.457 e. The van der Waals surface area contributed by atoms with Crippen LogP contribution in [0.5, 0.6) is 23.0 Å². The minimum absolute atomic E-state index is 0.790. The zero-order chi connectivity index (χ0) is 15.4. The molecule has 0 atom stereocenters. The van der Waals surface area contributed by atoms with Crippen molar-refractivity contribution in [2.24, 2.45) is 0 Å². The van der Waals surface area contributed by atoms with Gasteiger partial charge in [-0.25, -0.2) is 0 Å². The molecule has 0 saturated heterocycles. The molecule has 3 aromatic rings. The van der Waals surface area contributed by atoms with Crippen molar-refractivity contribution in [3.05, 3.63) is 83.9 Å². The molecule has 0 heterocycles. The lowest BCUT2D eigenvalue weighted by molar-refractivity contribution is 0.469. The molecule has 2 nitrogen and oxygen atoms in total. The normalized spacial score (nSPS) is 10.3. The van der Waals surface area contributed by atoms with Gasteiger partial charge in [0.1, 0.15) is 23.0 Å². The summed E-state index contributed by atoms with van der Waals surface area (Å²) in [5.74, 6) is 3.26. The molecule has 3 rings (SSSR count). The van der Waals surface area contributed by atoms with Gasteiger partial charge in [0, 0.05) is 0 Å². The van der Waals surface area contributed by atoms with Gasteiger partial charge in [-0.3, -0.25) is 0 Å². The fourth-order valence-corrected chi connectivity index (χ4v) is 2.11. The molecule has 22 heavy (non-hydrogen) atoms. The molecule has 0 aromatic heterocycles. The van der Waals surface area contributed by atoms with Gasteiger partial charge in [0.15, 0.2) is 0 Å². The van der Waals surface area contributed by atoms with Crippen molar-refractivity contribution >= 4 is 0 Å². The second kappa shape index (κ2) is 6.35.